The SMILES string of the molecule is O=C(NCc1cn2c(n1)SCC2)N1CCCCC[C@H]1c1cccc(F)c1. The van der Waals surface area contributed by atoms with E-state index in [2.05, 4.69) is 14.9 Å². The molecular weight excluding hydrogens is 351 g/mol. The van der Waals surface area contributed by atoms with E-state index in [1.54, 1.807) is 23.9 Å². The van der Waals surface area contributed by atoms with Crippen molar-refractivity contribution in [2.24, 2.45) is 0 Å². The third-order valence-electron chi connectivity index (χ3n) is 5.02. The molecule has 1 saturated heterocycles. The maximum absolute atomic E-state index is 13.7. The van der Waals surface area contributed by atoms with Crippen molar-refractivity contribution < 1.29 is 9.18 Å². The van der Waals surface area contributed by atoms with Crippen molar-refractivity contribution in [1.82, 2.24) is 19.8 Å². The molecule has 26 heavy (non-hydrogen) atoms. The van der Waals surface area contributed by atoms with E-state index in [0.717, 1.165) is 54.4 Å². The van der Waals surface area contributed by atoms with Crippen LogP contribution in [0.5, 0.6) is 0 Å². The van der Waals surface area contributed by atoms with Crippen LogP contribution in [-0.2, 0) is 13.1 Å². The predicted molar refractivity (Wildman–Crippen MR) is 99.5 cm³/mol. The molecule has 2 aliphatic rings. The number of hydrogen-bond acceptors (Lipinski definition) is 3. The molecule has 0 spiro atoms. The summed E-state index contributed by atoms with van der Waals surface area (Å²) < 4.78 is 15.8. The van der Waals surface area contributed by atoms with Crippen molar-refractivity contribution in [3.63, 3.8) is 0 Å². The molecule has 0 bridgehead atoms. The summed E-state index contributed by atoms with van der Waals surface area (Å²) in [6.45, 7) is 2.10. The highest BCUT2D eigenvalue weighted by atomic mass is 32.2. The van der Waals surface area contributed by atoms with Crippen molar-refractivity contribution in [3.8, 4) is 0 Å². The molecule has 2 aliphatic heterocycles. The number of nitrogens with one attached hydrogen (secondary N) is 1. The maximum Gasteiger partial charge on any atom is 0.318 e. The van der Waals surface area contributed by atoms with E-state index in [9.17, 15) is 9.18 Å². The number of aryl methyl sites for hydroxylation is 1. The minimum Gasteiger partial charge on any atom is -0.332 e. The highest BCUT2D eigenvalue weighted by molar-refractivity contribution is 7.99. The molecular formula is C19H23FN4OS. The van der Waals surface area contributed by atoms with Crippen LogP contribution < -0.4 is 5.32 Å². The van der Waals surface area contributed by atoms with Gasteiger partial charge in [-0.15, -0.1) is 0 Å². The summed E-state index contributed by atoms with van der Waals surface area (Å²) in [5.41, 5.74) is 1.76. The zero-order valence-corrected chi connectivity index (χ0v) is 15.5. The first-order valence-corrected chi connectivity index (χ1v) is 10.2. The second-order valence-electron chi connectivity index (χ2n) is 6.83. The summed E-state index contributed by atoms with van der Waals surface area (Å²) in [5, 5.41) is 4.04. The summed E-state index contributed by atoms with van der Waals surface area (Å²) in [6, 6.07) is 6.46. The minimum atomic E-state index is -0.253. The molecule has 1 N–H and O–H groups in total. The number of benzene rings is 1. The third-order valence-corrected chi connectivity index (χ3v) is 5.99. The van der Waals surface area contributed by atoms with Crippen LogP contribution in [0.4, 0.5) is 9.18 Å². The molecule has 0 saturated carbocycles. The average Bonchev–Trinajstić information content (AvgIpc) is 3.12. The highest BCUT2D eigenvalue weighted by Gasteiger charge is 2.27. The van der Waals surface area contributed by atoms with Crippen LogP contribution in [0.25, 0.3) is 0 Å². The van der Waals surface area contributed by atoms with Gasteiger partial charge in [-0.05, 0) is 30.5 Å². The monoisotopic (exact) mass is 374 g/mol. The summed E-state index contributed by atoms with van der Waals surface area (Å²) in [6.07, 6.45) is 6.01. The number of fused-ring (bicyclic) bond motifs is 1. The number of urea groups is 1. The quantitative estimate of drug-likeness (QED) is 0.885. The molecule has 2 aromatic rings. The molecule has 0 unspecified atom stereocenters. The highest BCUT2D eigenvalue weighted by Crippen LogP contribution is 2.30. The lowest BCUT2D eigenvalue weighted by Crippen LogP contribution is -2.42. The topological polar surface area (TPSA) is 50.2 Å². The number of amides is 2. The molecule has 0 radical (unpaired) electrons. The number of aromatic nitrogens is 2. The van der Waals surface area contributed by atoms with Gasteiger partial charge in [0.15, 0.2) is 5.16 Å². The molecule has 4 rings (SSSR count). The van der Waals surface area contributed by atoms with Crippen LogP contribution in [0.2, 0.25) is 0 Å². The second kappa shape index (κ2) is 7.70. The van der Waals surface area contributed by atoms with Gasteiger partial charge in [-0.3, -0.25) is 0 Å². The van der Waals surface area contributed by atoms with Gasteiger partial charge in [0.1, 0.15) is 5.82 Å². The first-order valence-electron chi connectivity index (χ1n) is 9.19. The average molecular weight is 374 g/mol. The van der Waals surface area contributed by atoms with Crippen molar-refractivity contribution in [3.05, 3.63) is 47.5 Å². The van der Waals surface area contributed by atoms with Gasteiger partial charge in [-0.1, -0.05) is 36.7 Å². The van der Waals surface area contributed by atoms with Gasteiger partial charge in [-0.25, -0.2) is 14.2 Å². The van der Waals surface area contributed by atoms with E-state index < -0.39 is 0 Å². The number of nitrogens with zero attached hydrogens (tertiary/aromatic N) is 3. The van der Waals surface area contributed by atoms with Crippen LogP contribution in [0, 0.1) is 5.82 Å². The molecule has 138 valence electrons. The Morgan fingerprint density at radius 2 is 2.23 bits per heavy atom. The molecule has 1 aromatic carbocycles. The van der Waals surface area contributed by atoms with E-state index in [4.69, 9.17) is 0 Å². The Labute approximate surface area is 157 Å². The van der Waals surface area contributed by atoms with E-state index in [0.29, 0.717) is 13.1 Å². The lowest BCUT2D eigenvalue weighted by molar-refractivity contribution is 0.175. The third kappa shape index (κ3) is 3.72. The first-order chi connectivity index (χ1) is 12.7. The van der Waals surface area contributed by atoms with Gasteiger partial charge < -0.3 is 14.8 Å². The van der Waals surface area contributed by atoms with E-state index in [1.807, 2.05) is 17.2 Å². The Morgan fingerprint density at radius 1 is 1.31 bits per heavy atom. The normalized spacial score (nSPS) is 19.9. The number of rotatable bonds is 3. The number of thioether (sulfide) groups is 1. The zero-order chi connectivity index (χ0) is 17.9. The molecule has 5 nitrogen and oxygen atoms in total. The van der Waals surface area contributed by atoms with Gasteiger partial charge in [-0.2, -0.15) is 0 Å². The van der Waals surface area contributed by atoms with Crippen molar-refractivity contribution >= 4 is 17.8 Å². The van der Waals surface area contributed by atoms with Crippen LogP contribution in [0.3, 0.4) is 0 Å². The summed E-state index contributed by atoms with van der Waals surface area (Å²) >= 11 is 1.75. The smallest absolute Gasteiger partial charge is 0.318 e. The molecule has 1 aromatic heterocycles. The lowest BCUT2D eigenvalue weighted by Gasteiger charge is -2.30. The summed E-state index contributed by atoms with van der Waals surface area (Å²) in [4.78, 5) is 19.3. The fourth-order valence-corrected chi connectivity index (χ4v) is 4.69. The van der Waals surface area contributed by atoms with Gasteiger partial charge in [0.2, 0.25) is 0 Å². The standard InChI is InChI=1S/C19H23FN4OS/c20-15-6-4-5-14(11-15)17-7-2-1-3-8-24(17)18(25)21-12-16-13-23-9-10-26-19(23)22-16/h4-6,11,13,17H,1-3,7-10,12H2,(H,21,25)/t17-/m0/s1. The summed E-state index contributed by atoms with van der Waals surface area (Å²) in [7, 11) is 0. The number of imidazole rings is 1. The molecule has 7 heteroatoms. The zero-order valence-electron chi connectivity index (χ0n) is 14.7. The number of halogens is 1. The first kappa shape index (κ1) is 17.4. The number of likely N-dealkylation sites (tertiary alicyclic amines) is 1. The Morgan fingerprint density at radius 3 is 3.08 bits per heavy atom. The van der Waals surface area contributed by atoms with Crippen LogP contribution in [0.1, 0.15) is 43.0 Å². The molecule has 1 atom stereocenters. The molecule has 2 amide bonds. The number of carbonyl (C=O) groups is 1. The van der Waals surface area contributed by atoms with Crippen LogP contribution in [0.15, 0.2) is 35.6 Å². The minimum absolute atomic E-state index is 0.0734. The van der Waals surface area contributed by atoms with Crippen molar-refractivity contribution in [2.75, 3.05) is 12.3 Å². The van der Waals surface area contributed by atoms with Crippen molar-refractivity contribution in [2.45, 2.75) is 50.0 Å². The maximum atomic E-state index is 13.7. The van der Waals surface area contributed by atoms with Crippen molar-refractivity contribution in [1.29, 1.82) is 0 Å². The number of hydrogen-bond donors (Lipinski definition) is 1. The van der Waals surface area contributed by atoms with Gasteiger partial charge in [0.05, 0.1) is 18.3 Å². The predicted octanol–water partition coefficient (Wildman–Crippen LogP) is 3.95. The Hall–Kier alpha value is -2.02. The molecule has 3 heterocycles. The summed E-state index contributed by atoms with van der Waals surface area (Å²) in [5.74, 6) is 0.815. The van der Waals surface area contributed by atoms with E-state index >= 15 is 0 Å². The van der Waals surface area contributed by atoms with Gasteiger partial charge >= 0.3 is 6.03 Å². The largest absolute Gasteiger partial charge is 0.332 e. The molecule has 1 fully saturated rings. The Bertz CT molecular complexity index is 772. The fraction of sp³-hybridized carbons (Fsp3) is 0.474. The number of carbonyl (C=O) groups excluding carboxylic acids is 1. The van der Waals surface area contributed by atoms with Crippen LogP contribution in [-0.4, -0.2) is 32.8 Å². The Balaban J connectivity index is 1.46. The lowest BCUT2D eigenvalue weighted by atomic mass is 10.0. The van der Waals surface area contributed by atoms with E-state index in [-0.39, 0.29) is 17.9 Å². The van der Waals surface area contributed by atoms with Gasteiger partial charge in [0, 0.05) is 25.0 Å². The molecule has 0 aliphatic carbocycles. The fourth-order valence-electron chi connectivity index (χ4n) is 3.73. The second-order valence-corrected chi connectivity index (χ2v) is 7.89. The van der Waals surface area contributed by atoms with Crippen LogP contribution >= 0.6 is 11.8 Å². The Kier molecular flexibility index (Phi) is 5.15. The van der Waals surface area contributed by atoms with E-state index in [1.165, 1.54) is 6.07 Å². The van der Waals surface area contributed by atoms with Gasteiger partial charge in [0.25, 0.3) is 0 Å².